The van der Waals surface area contributed by atoms with Gasteiger partial charge in [-0.15, -0.1) is 0 Å². The lowest BCUT2D eigenvalue weighted by atomic mass is 10.1. The summed E-state index contributed by atoms with van der Waals surface area (Å²) in [4.78, 5) is 26.2. The molecule has 0 saturated carbocycles. The first-order chi connectivity index (χ1) is 9.54. The van der Waals surface area contributed by atoms with Crippen LogP contribution in [0.15, 0.2) is 42.6 Å². The van der Waals surface area contributed by atoms with Gasteiger partial charge in [0.05, 0.1) is 12.0 Å². The Bertz CT molecular complexity index is 624. The number of halogens is 1. The molecule has 0 aliphatic rings. The van der Waals surface area contributed by atoms with Gasteiger partial charge >= 0.3 is 5.97 Å². The first-order valence-corrected chi connectivity index (χ1v) is 5.78. The number of hydrogen-bond acceptors (Lipinski definition) is 3. The van der Waals surface area contributed by atoms with E-state index >= 15 is 0 Å². The van der Waals surface area contributed by atoms with Crippen LogP contribution in [-0.2, 0) is 11.2 Å². The molecular formula is C14H11FN2O3. The van der Waals surface area contributed by atoms with Gasteiger partial charge in [0, 0.05) is 6.20 Å². The second-order valence-corrected chi connectivity index (χ2v) is 4.09. The average Bonchev–Trinajstić information content (AvgIpc) is 2.42. The molecule has 0 aliphatic heterocycles. The molecule has 2 aromatic rings. The Kier molecular flexibility index (Phi) is 4.05. The summed E-state index contributed by atoms with van der Waals surface area (Å²) in [5.41, 5.74) is 0.715. The van der Waals surface area contributed by atoms with Crippen molar-refractivity contribution in [3.8, 4) is 0 Å². The number of hydrogen-bond donors (Lipinski definition) is 2. The normalized spacial score (nSPS) is 10.1. The molecule has 102 valence electrons. The molecule has 2 N–H and O–H groups in total. The third kappa shape index (κ3) is 3.61. The highest BCUT2D eigenvalue weighted by molar-refractivity contribution is 5.92. The summed E-state index contributed by atoms with van der Waals surface area (Å²) in [6, 6.07) is 8.37. The van der Waals surface area contributed by atoms with Gasteiger partial charge in [0.1, 0.15) is 11.6 Å². The van der Waals surface area contributed by atoms with Crippen LogP contribution < -0.4 is 5.32 Å². The van der Waals surface area contributed by atoms with Crippen molar-refractivity contribution >= 4 is 17.7 Å². The number of aromatic nitrogens is 1. The maximum absolute atomic E-state index is 12.7. The van der Waals surface area contributed by atoms with Crippen LogP contribution in [0.4, 0.5) is 10.2 Å². The summed E-state index contributed by atoms with van der Waals surface area (Å²) < 4.78 is 12.7. The number of nitrogens with zero attached hydrogens (tertiary/aromatic N) is 1. The van der Waals surface area contributed by atoms with E-state index in [2.05, 4.69) is 10.3 Å². The van der Waals surface area contributed by atoms with Crippen molar-refractivity contribution in [2.45, 2.75) is 6.42 Å². The zero-order valence-electron chi connectivity index (χ0n) is 10.3. The average molecular weight is 274 g/mol. The fourth-order valence-electron chi connectivity index (χ4n) is 1.57. The SMILES string of the molecule is O=C(Cc1ccc(F)cc1)Nc1ccc(C(=O)O)cn1. The highest BCUT2D eigenvalue weighted by Gasteiger charge is 2.07. The number of anilines is 1. The van der Waals surface area contributed by atoms with Gasteiger partial charge in [0.25, 0.3) is 0 Å². The maximum Gasteiger partial charge on any atom is 0.337 e. The lowest BCUT2D eigenvalue weighted by Gasteiger charge is -2.04. The fourth-order valence-corrected chi connectivity index (χ4v) is 1.57. The Hall–Kier alpha value is -2.76. The van der Waals surface area contributed by atoms with Gasteiger partial charge in [-0.25, -0.2) is 14.2 Å². The largest absolute Gasteiger partial charge is 0.478 e. The number of carbonyl (C=O) groups is 2. The van der Waals surface area contributed by atoms with Crippen LogP contribution >= 0.6 is 0 Å². The third-order valence-electron chi connectivity index (χ3n) is 2.56. The van der Waals surface area contributed by atoms with Gasteiger partial charge in [-0.2, -0.15) is 0 Å². The van der Waals surface area contributed by atoms with Crippen molar-refractivity contribution in [1.29, 1.82) is 0 Å². The van der Waals surface area contributed by atoms with Gasteiger partial charge in [0.2, 0.25) is 5.91 Å². The Morgan fingerprint density at radius 3 is 2.40 bits per heavy atom. The summed E-state index contributed by atoms with van der Waals surface area (Å²) in [7, 11) is 0. The lowest BCUT2D eigenvalue weighted by molar-refractivity contribution is -0.115. The predicted octanol–water partition coefficient (Wildman–Crippen LogP) is 2.10. The van der Waals surface area contributed by atoms with Crippen LogP contribution in [-0.4, -0.2) is 22.0 Å². The quantitative estimate of drug-likeness (QED) is 0.894. The van der Waals surface area contributed by atoms with Crippen LogP contribution in [0.25, 0.3) is 0 Å². The molecule has 0 spiro atoms. The van der Waals surface area contributed by atoms with Crippen LogP contribution in [0.2, 0.25) is 0 Å². The summed E-state index contributed by atoms with van der Waals surface area (Å²) >= 11 is 0. The first kappa shape index (κ1) is 13.7. The van der Waals surface area contributed by atoms with E-state index < -0.39 is 5.97 Å². The van der Waals surface area contributed by atoms with Crippen molar-refractivity contribution in [2.75, 3.05) is 5.32 Å². The molecule has 1 aromatic heterocycles. The number of pyridine rings is 1. The summed E-state index contributed by atoms with van der Waals surface area (Å²) in [6.07, 6.45) is 1.25. The van der Waals surface area contributed by atoms with Crippen LogP contribution in [0.1, 0.15) is 15.9 Å². The number of carboxylic acid groups (broad SMARTS) is 1. The van der Waals surface area contributed by atoms with Crippen molar-refractivity contribution in [1.82, 2.24) is 4.98 Å². The Morgan fingerprint density at radius 1 is 1.15 bits per heavy atom. The topological polar surface area (TPSA) is 79.3 Å². The molecule has 0 bridgehead atoms. The minimum Gasteiger partial charge on any atom is -0.478 e. The second kappa shape index (κ2) is 5.92. The van der Waals surface area contributed by atoms with Crippen LogP contribution in [0, 0.1) is 5.82 Å². The van der Waals surface area contributed by atoms with E-state index in [0.29, 0.717) is 5.56 Å². The van der Waals surface area contributed by atoms with E-state index in [0.717, 1.165) is 6.20 Å². The standard InChI is InChI=1S/C14H11FN2O3/c15-11-4-1-9(2-5-11)7-13(18)17-12-6-3-10(8-16-12)14(19)20/h1-6,8H,7H2,(H,19,20)(H,16,17,18). The van der Waals surface area contributed by atoms with Crippen molar-refractivity contribution in [2.24, 2.45) is 0 Å². The number of carbonyl (C=O) groups excluding carboxylic acids is 1. The van der Waals surface area contributed by atoms with E-state index in [9.17, 15) is 14.0 Å². The Morgan fingerprint density at radius 2 is 1.85 bits per heavy atom. The molecule has 20 heavy (non-hydrogen) atoms. The molecule has 0 atom stereocenters. The zero-order chi connectivity index (χ0) is 14.5. The molecule has 6 heteroatoms. The lowest BCUT2D eigenvalue weighted by Crippen LogP contribution is -2.15. The smallest absolute Gasteiger partial charge is 0.337 e. The number of nitrogens with one attached hydrogen (secondary N) is 1. The molecule has 0 radical (unpaired) electrons. The van der Waals surface area contributed by atoms with Crippen LogP contribution in [0.3, 0.4) is 0 Å². The number of amides is 1. The van der Waals surface area contributed by atoms with E-state index in [1.165, 1.54) is 36.4 Å². The molecule has 1 heterocycles. The molecule has 0 fully saturated rings. The molecule has 1 amide bonds. The third-order valence-corrected chi connectivity index (χ3v) is 2.56. The highest BCUT2D eigenvalue weighted by atomic mass is 19.1. The summed E-state index contributed by atoms with van der Waals surface area (Å²) in [6.45, 7) is 0. The zero-order valence-corrected chi connectivity index (χ0v) is 10.3. The highest BCUT2D eigenvalue weighted by Crippen LogP contribution is 2.08. The number of benzene rings is 1. The molecule has 1 aromatic carbocycles. The minimum absolute atomic E-state index is 0.0431. The molecular weight excluding hydrogens is 263 g/mol. The Labute approximate surface area is 114 Å². The summed E-state index contributed by atoms with van der Waals surface area (Å²) in [5.74, 6) is -1.49. The molecule has 0 saturated heterocycles. The first-order valence-electron chi connectivity index (χ1n) is 5.78. The van der Waals surface area contributed by atoms with Gasteiger partial charge < -0.3 is 10.4 Å². The van der Waals surface area contributed by atoms with E-state index in [4.69, 9.17) is 5.11 Å². The molecule has 0 unspecified atom stereocenters. The van der Waals surface area contributed by atoms with Gasteiger partial charge in [-0.3, -0.25) is 4.79 Å². The number of aromatic carboxylic acids is 1. The Balaban J connectivity index is 1.97. The monoisotopic (exact) mass is 274 g/mol. The van der Waals surface area contributed by atoms with Gasteiger partial charge in [-0.1, -0.05) is 12.1 Å². The van der Waals surface area contributed by atoms with E-state index in [-0.39, 0.29) is 29.5 Å². The predicted molar refractivity (Wildman–Crippen MR) is 69.9 cm³/mol. The summed E-state index contributed by atoms with van der Waals surface area (Å²) in [5, 5.41) is 11.3. The van der Waals surface area contributed by atoms with Crippen molar-refractivity contribution in [3.63, 3.8) is 0 Å². The fraction of sp³-hybridized carbons (Fsp3) is 0.0714. The van der Waals surface area contributed by atoms with Crippen molar-refractivity contribution in [3.05, 3.63) is 59.5 Å². The minimum atomic E-state index is -1.08. The molecule has 2 rings (SSSR count). The van der Waals surface area contributed by atoms with Gasteiger partial charge in [-0.05, 0) is 29.8 Å². The molecule has 5 nitrogen and oxygen atoms in total. The van der Waals surface area contributed by atoms with Crippen LogP contribution in [0.5, 0.6) is 0 Å². The maximum atomic E-state index is 12.7. The number of carboxylic acids is 1. The number of rotatable bonds is 4. The molecule has 0 aliphatic carbocycles. The van der Waals surface area contributed by atoms with E-state index in [1.807, 2.05) is 0 Å². The second-order valence-electron chi connectivity index (χ2n) is 4.09. The van der Waals surface area contributed by atoms with Crippen molar-refractivity contribution < 1.29 is 19.1 Å². The van der Waals surface area contributed by atoms with Gasteiger partial charge in [0.15, 0.2) is 0 Å². The van der Waals surface area contributed by atoms with E-state index in [1.54, 1.807) is 0 Å².